The number of hydrogen-bond acceptors (Lipinski definition) is 21. The van der Waals surface area contributed by atoms with Gasteiger partial charge in [-0.3, -0.25) is 28.8 Å². The second kappa shape index (κ2) is 26.6. The number of phenols is 3. The third-order valence-electron chi connectivity index (χ3n) is 15.0. The first-order chi connectivity index (χ1) is 42.2. The molecule has 18 N–H and O–H groups in total. The van der Waals surface area contributed by atoms with Gasteiger partial charge in [0.2, 0.25) is 47.5 Å². The number of carbonyl (C=O) groups excluding carboxylic acids is 6. The Balaban J connectivity index is 1.31. The average Bonchev–Trinajstić information content (AvgIpc) is 1.01. The van der Waals surface area contributed by atoms with Gasteiger partial charge < -0.3 is 108 Å². The predicted octanol–water partition coefficient (Wildman–Crippen LogP) is 1.31. The molecule has 6 aliphatic heterocycles. The molecule has 11 rings (SSSR count). The van der Waals surface area contributed by atoms with Crippen LogP contribution < -0.4 is 57.2 Å². The zero-order valence-corrected chi connectivity index (χ0v) is 49.3. The van der Waals surface area contributed by atoms with E-state index in [1.54, 1.807) is 0 Å². The van der Waals surface area contributed by atoms with Crippen LogP contribution in [-0.4, -0.2) is 155 Å². The van der Waals surface area contributed by atoms with E-state index < -0.39 is 184 Å². The summed E-state index contributed by atoms with van der Waals surface area (Å²) >= 11 is 20.0. The number of phenolic OH excluding ortho intramolecular Hbond substituents is 3. The minimum Gasteiger partial charge on any atom is -0.508 e. The third-order valence-corrected chi connectivity index (χ3v) is 16.0. The number of fused-ring (bicyclic) bond motifs is 15. The number of aliphatic hydroxyl groups is 5. The molecule has 5 aromatic rings. The number of likely N-dealkylation sites (N-methyl/N-ethyl adjacent to an activating group) is 1. The van der Waals surface area contributed by atoms with Gasteiger partial charge in [0.05, 0.1) is 29.1 Å². The molecule has 89 heavy (non-hydrogen) atoms. The molecule has 5 aromatic carbocycles. The van der Waals surface area contributed by atoms with E-state index in [0.717, 1.165) is 30.3 Å². The van der Waals surface area contributed by atoms with E-state index in [1.165, 1.54) is 55.6 Å². The summed E-state index contributed by atoms with van der Waals surface area (Å²) in [4.78, 5) is 99.3. The van der Waals surface area contributed by atoms with Gasteiger partial charge in [0.1, 0.15) is 94.5 Å². The zero-order valence-electron chi connectivity index (χ0n) is 47.0. The van der Waals surface area contributed by atoms with E-state index in [1.807, 2.05) is 13.8 Å². The number of carboxylic acids is 1. The van der Waals surface area contributed by atoms with Crippen molar-refractivity contribution in [2.45, 2.75) is 106 Å². The predicted molar refractivity (Wildman–Crippen MR) is 314 cm³/mol. The van der Waals surface area contributed by atoms with Gasteiger partial charge in [0.15, 0.2) is 17.5 Å². The first kappa shape index (κ1) is 64.8. The van der Waals surface area contributed by atoms with Crippen molar-refractivity contribution in [1.82, 2.24) is 37.2 Å². The van der Waals surface area contributed by atoms with E-state index in [9.17, 15) is 69.9 Å². The summed E-state index contributed by atoms with van der Waals surface area (Å²) in [5.74, 6) is -13.0. The summed E-state index contributed by atoms with van der Waals surface area (Å²) in [6.07, 6.45) is -11.7. The summed E-state index contributed by atoms with van der Waals surface area (Å²) in [5, 5.41) is 118. The number of amides is 6. The van der Waals surface area contributed by atoms with E-state index in [-0.39, 0.29) is 61.7 Å². The smallest absolute Gasteiger partial charge is 0.330 e. The van der Waals surface area contributed by atoms with Crippen molar-refractivity contribution in [1.29, 1.82) is 0 Å². The third kappa shape index (κ3) is 13.7. The number of thiocarbonyl (C=S) groups is 1. The molecule has 0 saturated carbocycles. The monoisotopic (exact) mass is 1290 g/mol. The van der Waals surface area contributed by atoms with Crippen molar-refractivity contribution in [2.24, 2.45) is 11.7 Å². The number of halogens is 2. The number of hydrogen-bond donors (Lipinski definition) is 17. The summed E-state index contributed by atoms with van der Waals surface area (Å²) in [7, 11) is 1.50. The SMILES string of the molecule is CN[C@H](CC(C)C)C(=O)N[C@H]1C(=O)NC(CC(N)=O)C(=O)N[C@H]2C(=S)N[C@H]3C(=O)N[C@H](C(=O)N[C@H](C(=O)O)c4cc(O)cc(O)c4-c4cc3ccc4O)[C@H](O)c3ccc(c(Cl)c3)Oc3cc2cc(c3O[C@H]2OC(CO)C(O)[C@@H]2O)Oc2ccc(cc2Cl)[C@H]1O. The molecule has 6 heterocycles. The molecule has 1 saturated heterocycles. The van der Waals surface area contributed by atoms with Gasteiger partial charge in [0.25, 0.3) is 0 Å². The van der Waals surface area contributed by atoms with Gasteiger partial charge in [-0.15, -0.1) is 0 Å². The molecular formula is C58H60Cl2N8O20S. The summed E-state index contributed by atoms with van der Waals surface area (Å²) in [6, 6.07) is 1.46. The number of aliphatic hydroxyl groups excluding tert-OH is 5. The first-order valence-electron chi connectivity index (χ1n) is 27.3. The molecule has 0 aliphatic carbocycles. The molecule has 13 atom stereocenters. The van der Waals surface area contributed by atoms with Gasteiger partial charge in [-0.1, -0.05) is 67.5 Å². The Morgan fingerprint density at radius 3 is 1.91 bits per heavy atom. The average molecular weight is 1290 g/mol. The largest absolute Gasteiger partial charge is 0.508 e. The topological polar surface area (TPSA) is 449 Å². The molecule has 472 valence electrons. The molecule has 0 aromatic heterocycles. The van der Waals surface area contributed by atoms with Crippen LogP contribution >= 0.6 is 35.4 Å². The first-order valence-corrected chi connectivity index (χ1v) is 28.5. The Kier molecular flexibility index (Phi) is 19.4. The summed E-state index contributed by atoms with van der Waals surface area (Å²) < 4.78 is 25.0. The zero-order chi connectivity index (χ0) is 64.6. The number of ether oxygens (including phenoxy) is 4. The van der Waals surface area contributed by atoms with E-state index in [0.29, 0.717) is 0 Å². The summed E-state index contributed by atoms with van der Waals surface area (Å²) in [5.41, 5.74) is 3.65. The van der Waals surface area contributed by atoms with Crippen molar-refractivity contribution < 1.29 is 98.5 Å². The Morgan fingerprint density at radius 2 is 1.34 bits per heavy atom. The second-order valence-corrected chi connectivity index (χ2v) is 22.9. The van der Waals surface area contributed by atoms with Crippen molar-refractivity contribution in [3.63, 3.8) is 0 Å². The van der Waals surface area contributed by atoms with Gasteiger partial charge in [-0.2, -0.15) is 0 Å². The molecule has 11 bridgehead atoms. The Morgan fingerprint density at radius 1 is 0.708 bits per heavy atom. The molecule has 31 heteroatoms. The number of carbonyl (C=O) groups is 7. The minimum atomic E-state index is -2.18. The Bertz CT molecular complexity index is 3680. The lowest BCUT2D eigenvalue weighted by molar-refractivity contribution is -0.143. The second-order valence-electron chi connectivity index (χ2n) is 21.7. The van der Waals surface area contributed by atoms with Crippen molar-refractivity contribution in [2.75, 3.05) is 13.7 Å². The molecule has 6 amide bonds. The molecule has 0 radical (unpaired) electrons. The lowest BCUT2D eigenvalue weighted by Gasteiger charge is -2.32. The number of primary amides is 1. The van der Waals surface area contributed by atoms with Gasteiger partial charge in [0, 0.05) is 22.8 Å². The minimum absolute atomic E-state index is 0.0538. The van der Waals surface area contributed by atoms with E-state index in [4.69, 9.17) is 60.1 Å². The van der Waals surface area contributed by atoms with Crippen LogP contribution in [0.3, 0.4) is 0 Å². The van der Waals surface area contributed by atoms with Crippen LogP contribution in [0.15, 0.2) is 78.9 Å². The summed E-state index contributed by atoms with van der Waals surface area (Å²) in [6.45, 7) is 2.87. The lowest BCUT2D eigenvalue weighted by atomic mass is 9.89. The fourth-order valence-corrected chi connectivity index (χ4v) is 11.3. The molecule has 28 nitrogen and oxygen atoms in total. The van der Waals surface area contributed by atoms with Gasteiger partial charge in [-0.25, -0.2) is 4.79 Å². The standard InChI is InChI=1S/C58H60Cl2N8O20S/c1-20(2)10-30(62-3)51(78)66-44-46(74)22-5-8-34(28(59)12-22)85-36-14-24-15-37(50(36)88-58-49(77)48(76)38(19-69)87-58)86-35-9-6-23(13-29(35)60)47(75)45-55(82)65-43(57(83)84)27-16-25(70)17-33(72)40(27)26-11-21(4-7-32(26)71)41(53(80)67-45)68-56(89)42(24)64-52(79)31(18-39(61)73)63-54(44)81/h4-9,11-17,20,30-31,38,41-49,58,62,69-72,74-77H,10,18-19H2,1-3H3,(H2,61,73)(H,63,81)(H,64,79)(H,65,82)(H,66,78)(H,67,80)(H,68,89)(H,83,84)/t30-,31?,38?,41-,42-,43+,44-,45+,46-,47-,48?,49+,58-/m1/s1. The quantitative estimate of drug-likeness (QED) is 0.0829. The highest BCUT2D eigenvalue weighted by Crippen LogP contribution is 2.49. The van der Waals surface area contributed by atoms with Gasteiger partial charge >= 0.3 is 5.97 Å². The number of carboxylic acid groups (broad SMARTS) is 1. The van der Waals surface area contributed by atoms with E-state index in [2.05, 4.69) is 37.2 Å². The number of nitrogens with one attached hydrogen (secondary N) is 7. The highest BCUT2D eigenvalue weighted by atomic mass is 35.5. The van der Waals surface area contributed by atoms with Crippen molar-refractivity contribution in [3.05, 3.63) is 117 Å². The van der Waals surface area contributed by atoms with Crippen LogP contribution in [0, 0.1) is 5.92 Å². The van der Waals surface area contributed by atoms with Crippen LogP contribution in [0.5, 0.6) is 46.0 Å². The molecule has 6 aliphatic rings. The van der Waals surface area contributed by atoms with Crippen LogP contribution in [0.4, 0.5) is 0 Å². The lowest BCUT2D eigenvalue weighted by Crippen LogP contribution is -2.59. The fraction of sp³-hybridized carbons (Fsp3) is 0.345. The van der Waals surface area contributed by atoms with E-state index >= 15 is 9.59 Å². The normalized spacial score (nSPS) is 25.6. The number of benzene rings is 5. The van der Waals surface area contributed by atoms with Crippen LogP contribution in [0.25, 0.3) is 11.1 Å². The van der Waals surface area contributed by atoms with Crippen LogP contribution in [0.1, 0.15) is 84.8 Å². The van der Waals surface area contributed by atoms with Crippen molar-refractivity contribution >= 4 is 81.8 Å². The molecule has 0 spiro atoms. The molecular weight excluding hydrogens is 1230 g/mol. The van der Waals surface area contributed by atoms with Crippen LogP contribution in [-0.2, 0) is 38.3 Å². The molecule has 1 fully saturated rings. The van der Waals surface area contributed by atoms with Crippen LogP contribution in [0.2, 0.25) is 10.0 Å². The van der Waals surface area contributed by atoms with Gasteiger partial charge in [-0.05, 0) is 96.2 Å². The highest BCUT2D eigenvalue weighted by molar-refractivity contribution is 7.80. The number of aromatic hydroxyl groups is 3. The number of rotatable bonds is 11. The number of aliphatic carboxylic acids is 1. The Labute approximate surface area is 520 Å². The highest BCUT2D eigenvalue weighted by Gasteiger charge is 2.46. The van der Waals surface area contributed by atoms with Crippen molar-refractivity contribution in [3.8, 4) is 57.1 Å². The number of nitrogens with two attached hydrogens (primary N) is 1. The maximum atomic E-state index is 15.3. The molecule has 3 unspecified atom stereocenters. The Hall–Kier alpha value is -8.62. The maximum absolute atomic E-state index is 15.3. The fourth-order valence-electron chi connectivity index (χ4n) is 10.5. The maximum Gasteiger partial charge on any atom is 0.330 e.